The molecule has 0 spiro atoms. The van der Waals surface area contributed by atoms with E-state index in [1.165, 1.54) is 5.56 Å². The third-order valence-corrected chi connectivity index (χ3v) is 7.55. The Hall–Kier alpha value is -3.64. The van der Waals surface area contributed by atoms with Crippen LogP contribution in [0.5, 0.6) is 5.75 Å². The molecule has 1 saturated carbocycles. The van der Waals surface area contributed by atoms with E-state index in [1.54, 1.807) is 6.92 Å². The largest absolute Gasteiger partial charge is 0.482 e. The van der Waals surface area contributed by atoms with Crippen molar-refractivity contribution in [3.05, 3.63) is 102 Å². The number of carbonyl (C=O) groups excluding carboxylic acids is 2. The van der Waals surface area contributed by atoms with Gasteiger partial charge in [0.15, 0.2) is 6.61 Å². The fraction of sp³-hybridized carbons (Fsp3) is 0.375. The number of aryl methyl sites for hydroxylation is 1. The van der Waals surface area contributed by atoms with E-state index in [0.29, 0.717) is 18.4 Å². The maximum atomic E-state index is 13.2. The molecule has 1 amide bonds. The van der Waals surface area contributed by atoms with E-state index in [9.17, 15) is 9.59 Å². The Balaban J connectivity index is 1.32. The molecular formula is C32H38N2O4. The lowest BCUT2D eigenvalue weighted by Crippen LogP contribution is -2.48. The molecule has 6 heteroatoms. The highest BCUT2D eigenvalue weighted by Gasteiger charge is 2.49. The van der Waals surface area contributed by atoms with Crippen LogP contribution < -0.4 is 15.8 Å². The SMILES string of the molecule is CCOC(=O)COc1ccc(CCCNC2CCC(C(C(N)=O)(c3ccccc3)c3ccccc3)C2)cc1. The smallest absolute Gasteiger partial charge is 0.344 e. The second-order valence-electron chi connectivity index (χ2n) is 9.91. The average molecular weight is 515 g/mol. The molecule has 1 aliphatic rings. The summed E-state index contributed by atoms with van der Waals surface area (Å²) < 4.78 is 10.3. The molecule has 1 aliphatic carbocycles. The van der Waals surface area contributed by atoms with Crippen molar-refractivity contribution >= 4 is 11.9 Å². The Bertz CT molecular complexity index is 1130. The topological polar surface area (TPSA) is 90.7 Å². The van der Waals surface area contributed by atoms with Crippen molar-refractivity contribution in [2.45, 2.75) is 50.5 Å². The number of hydrogen-bond donors (Lipinski definition) is 2. The highest BCUT2D eigenvalue weighted by atomic mass is 16.6. The molecule has 3 aromatic carbocycles. The Labute approximate surface area is 225 Å². The van der Waals surface area contributed by atoms with Gasteiger partial charge in [0.1, 0.15) is 11.2 Å². The molecule has 0 bridgehead atoms. The molecule has 1 fully saturated rings. The Morgan fingerprint density at radius 1 is 0.921 bits per heavy atom. The number of benzene rings is 3. The van der Waals surface area contributed by atoms with Crippen molar-refractivity contribution in [3.8, 4) is 5.75 Å². The highest BCUT2D eigenvalue weighted by Crippen LogP contribution is 2.46. The van der Waals surface area contributed by atoms with E-state index in [0.717, 1.165) is 49.8 Å². The summed E-state index contributed by atoms with van der Waals surface area (Å²) in [5.74, 6) is 0.142. The van der Waals surface area contributed by atoms with Gasteiger partial charge >= 0.3 is 5.97 Å². The maximum Gasteiger partial charge on any atom is 0.344 e. The van der Waals surface area contributed by atoms with Crippen LogP contribution in [0, 0.1) is 5.92 Å². The van der Waals surface area contributed by atoms with Crippen molar-refractivity contribution in [2.24, 2.45) is 11.7 Å². The highest BCUT2D eigenvalue weighted by molar-refractivity contribution is 5.91. The van der Waals surface area contributed by atoms with Crippen LogP contribution in [0.2, 0.25) is 0 Å². The van der Waals surface area contributed by atoms with Crippen molar-refractivity contribution in [3.63, 3.8) is 0 Å². The van der Waals surface area contributed by atoms with Crippen LogP contribution in [0.4, 0.5) is 0 Å². The van der Waals surface area contributed by atoms with Gasteiger partial charge in [-0.3, -0.25) is 4.79 Å². The molecular weight excluding hydrogens is 476 g/mol. The van der Waals surface area contributed by atoms with Crippen LogP contribution in [0.3, 0.4) is 0 Å². The van der Waals surface area contributed by atoms with Gasteiger partial charge < -0.3 is 20.5 Å². The van der Waals surface area contributed by atoms with Crippen LogP contribution in [0.15, 0.2) is 84.9 Å². The number of rotatable bonds is 13. The van der Waals surface area contributed by atoms with Gasteiger partial charge in [-0.1, -0.05) is 72.8 Å². The molecule has 2 atom stereocenters. The van der Waals surface area contributed by atoms with Crippen molar-refractivity contribution in [2.75, 3.05) is 19.8 Å². The Morgan fingerprint density at radius 2 is 1.55 bits per heavy atom. The third kappa shape index (κ3) is 6.43. The minimum absolute atomic E-state index is 0.0783. The summed E-state index contributed by atoms with van der Waals surface area (Å²) in [4.78, 5) is 24.7. The van der Waals surface area contributed by atoms with Crippen molar-refractivity contribution < 1.29 is 19.1 Å². The first-order valence-electron chi connectivity index (χ1n) is 13.6. The summed E-state index contributed by atoms with van der Waals surface area (Å²) in [5.41, 5.74) is 8.54. The molecule has 4 rings (SSSR count). The summed E-state index contributed by atoms with van der Waals surface area (Å²) in [6, 6.07) is 28.2. The first kappa shape index (κ1) is 27.4. The third-order valence-electron chi connectivity index (χ3n) is 7.55. The predicted octanol–water partition coefficient (Wildman–Crippen LogP) is 4.79. The second-order valence-corrected chi connectivity index (χ2v) is 9.91. The second kappa shape index (κ2) is 13.2. The van der Waals surface area contributed by atoms with Gasteiger partial charge in [0.05, 0.1) is 6.61 Å². The summed E-state index contributed by atoms with van der Waals surface area (Å²) in [6.45, 7) is 2.95. The van der Waals surface area contributed by atoms with Crippen LogP contribution in [-0.4, -0.2) is 37.7 Å². The van der Waals surface area contributed by atoms with Crippen LogP contribution in [0.1, 0.15) is 49.3 Å². The zero-order chi connectivity index (χ0) is 26.8. The first-order valence-corrected chi connectivity index (χ1v) is 13.6. The number of esters is 1. The summed E-state index contributed by atoms with van der Waals surface area (Å²) in [7, 11) is 0. The normalized spacial score (nSPS) is 17.2. The van der Waals surface area contributed by atoms with Crippen LogP contribution >= 0.6 is 0 Å². The number of amides is 1. The van der Waals surface area contributed by atoms with Crippen molar-refractivity contribution in [1.29, 1.82) is 0 Å². The minimum atomic E-state index is -0.837. The lowest BCUT2D eigenvalue weighted by Gasteiger charge is -2.37. The number of nitrogens with one attached hydrogen (secondary N) is 1. The summed E-state index contributed by atoms with van der Waals surface area (Å²) >= 11 is 0. The molecule has 3 aromatic rings. The minimum Gasteiger partial charge on any atom is -0.482 e. The quantitative estimate of drug-likeness (QED) is 0.253. The van der Waals surface area contributed by atoms with E-state index >= 15 is 0 Å². The summed E-state index contributed by atoms with van der Waals surface area (Å²) in [5, 5.41) is 3.72. The van der Waals surface area contributed by atoms with E-state index in [-0.39, 0.29) is 24.4 Å². The molecule has 0 heterocycles. The molecule has 2 unspecified atom stereocenters. The van der Waals surface area contributed by atoms with Crippen LogP contribution in [-0.2, 0) is 26.2 Å². The number of hydrogen-bond acceptors (Lipinski definition) is 5. The van der Waals surface area contributed by atoms with E-state index in [2.05, 4.69) is 5.32 Å². The van der Waals surface area contributed by atoms with Gasteiger partial charge in [0, 0.05) is 6.04 Å². The monoisotopic (exact) mass is 514 g/mol. The van der Waals surface area contributed by atoms with Crippen molar-refractivity contribution in [1.82, 2.24) is 5.32 Å². The van der Waals surface area contributed by atoms with Gasteiger partial charge in [-0.2, -0.15) is 0 Å². The van der Waals surface area contributed by atoms with Gasteiger partial charge in [-0.15, -0.1) is 0 Å². The number of carbonyl (C=O) groups is 2. The summed E-state index contributed by atoms with van der Waals surface area (Å²) in [6.07, 6.45) is 4.81. The zero-order valence-corrected chi connectivity index (χ0v) is 22.1. The lowest BCUT2D eigenvalue weighted by molar-refractivity contribution is -0.145. The standard InChI is InChI=1S/C32H38N2O4/c1-2-37-30(35)23-38-29-19-15-24(16-20-29)10-9-21-34-28-18-17-27(22-28)32(31(33)36,25-11-5-3-6-12-25)26-13-7-4-8-14-26/h3-8,11-16,19-20,27-28,34H,2,9-10,17-18,21-23H2,1H3,(H2,33,36). The molecule has 38 heavy (non-hydrogen) atoms. The zero-order valence-electron chi connectivity index (χ0n) is 22.1. The van der Waals surface area contributed by atoms with E-state index < -0.39 is 5.41 Å². The molecule has 3 N–H and O–H groups in total. The van der Waals surface area contributed by atoms with Gasteiger partial charge in [-0.25, -0.2) is 4.79 Å². The van der Waals surface area contributed by atoms with E-state index in [4.69, 9.17) is 15.2 Å². The molecule has 0 aromatic heterocycles. The maximum absolute atomic E-state index is 13.2. The van der Waals surface area contributed by atoms with Gasteiger partial charge in [-0.05, 0) is 80.3 Å². The van der Waals surface area contributed by atoms with Gasteiger partial charge in [0.25, 0.3) is 0 Å². The first-order chi connectivity index (χ1) is 18.5. The van der Waals surface area contributed by atoms with Crippen LogP contribution in [0.25, 0.3) is 0 Å². The fourth-order valence-corrected chi connectivity index (χ4v) is 5.78. The molecule has 6 nitrogen and oxygen atoms in total. The molecule has 0 saturated heterocycles. The van der Waals surface area contributed by atoms with Gasteiger partial charge in [0.2, 0.25) is 5.91 Å². The predicted molar refractivity (Wildman–Crippen MR) is 149 cm³/mol. The Morgan fingerprint density at radius 3 is 2.13 bits per heavy atom. The average Bonchev–Trinajstić information content (AvgIpc) is 3.41. The lowest BCUT2D eigenvalue weighted by atomic mass is 9.64. The fourth-order valence-electron chi connectivity index (χ4n) is 5.78. The number of primary amides is 1. The Kier molecular flexibility index (Phi) is 9.55. The molecule has 200 valence electrons. The van der Waals surface area contributed by atoms with E-state index in [1.807, 2.05) is 84.9 Å². The molecule has 0 aliphatic heterocycles. The number of ether oxygens (including phenoxy) is 2. The molecule has 0 radical (unpaired) electrons. The number of nitrogens with two attached hydrogens (primary N) is 1.